The molecule has 0 saturated heterocycles. The highest BCUT2D eigenvalue weighted by atomic mass is 19.3. The number of benzene rings is 2. The average Bonchev–Trinajstić information content (AvgIpc) is 3.06. The first-order valence-electron chi connectivity index (χ1n) is 8.60. The van der Waals surface area contributed by atoms with Gasteiger partial charge in [0.15, 0.2) is 0 Å². The Balaban J connectivity index is 1.38. The Morgan fingerprint density at radius 3 is 2.11 bits per heavy atom. The number of alkyl carbamates (subject to hydrolysis) is 1. The lowest BCUT2D eigenvalue weighted by molar-refractivity contribution is -0.140. The molecule has 2 unspecified atom stereocenters. The molecule has 0 spiro atoms. The molecule has 5 nitrogen and oxygen atoms in total. The van der Waals surface area contributed by atoms with Crippen LogP contribution in [0.5, 0.6) is 0 Å². The second kappa shape index (κ2) is 6.33. The third-order valence-electron chi connectivity index (χ3n) is 5.28. The summed E-state index contributed by atoms with van der Waals surface area (Å²) in [6.45, 7) is -0.357. The lowest BCUT2D eigenvalue weighted by atomic mass is 9.98. The lowest BCUT2D eigenvalue weighted by Crippen LogP contribution is -2.29. The van der Waals surface area contributed by atoms with E-state index in [1.54, 1.807) is 0 Å². The molecule has 1 saturated carbocycles. The van der Waals surface area contributed by atoms with E-state index in [0.717, 1.165) is 22.3 Å². The Hall–Kier alpha value is -2.96. The number of fused-ring (bicyclic) bond motifs is 3. The first-order chi connectivity index (χ1) is 12.9. The zero-order chi connectivity index (χ0) is 19.2. The summed E-state index contributed by atoms with van der Waals surface area (Å²) in [5, 5.41) is 11.0. The van der Waals surface area contributed by atoms with Gasteiger partial charge in [0.2, 0.25) is 0 Å². The van der Waals surface area contributed by atoms with Crippen LogP contribution in [0.2, 0.25) is 0 Å². The second-order valence-corrected chi connectivity index (χ2v) is 6.80. The highest BCUT2D eigenvalue weighted by Crippen LogP contribution is 2.54. The second-order valence-electron chi connectivity index (χ2n) is 6.80. The number of alkyl halides is 2. The Bertz CT molecular complexity index is 869. The largest absolute Gasteiger partial charge is 0.481 e. The van der Waals surface area contributed by atoms with Crippen LogP contribution in [0, 0.1) is 11.8 Å². The fraction of sp³-hybridized carbons (Fsp3) is 0.300. The molecule has 0 aliphatic heterocycles. The molecule has 2 aliphatic carbocycles. The van der Waals surface area contributed by atoms with Crippen LogP contribution in [0.25, 0.3) is 11.1 Å². The molecule has 0 aromatic heterocycles. The SMILES string of the molecule is O=C(NCC1C(C(=O)O)C1(F)F)OCC1c2ccccc2-c2ccccc21. The van der Waals surface area contributed by atoms with E-state index in [1.807, 2.05) is 48.5 Å². The number of ether oxygens (including phenoxy) is 1. The van der Waals surface area contributed by atoms with E-state index < -0.39 is 36.4 Å². The normalized spacial score (nSPS) is 21.9. The number of hydrogen-bond donors (Lipinski definition) is 2. The van der Waals surface area contributed by atoms with Crippen LogP contribution in [0.1, 0.15) is 17.0 Å². The van der Waals surface area contributed by atoms with Gasteiger partial charge in [-0.25, -0.2) is 13.6 Å². The van der Waals surface area contributed by atoms with Crippen LogP contribution in [-0.2, 0) is 9.53 Å². The standard InChI is InChI=1S/C20H17F2NO4/c21-20(22)16(17(20)18(24)25)9-23-19(26)27-10-15-13-7-3-1-5-11(13)12-6-2-4-8-14(12)15/h1-8,15-17H,9-10H2,(H,23,26)(H,24,25). The summed E-state index contributed by atoms with van der Waals surface area (Å²) in [4.78, 5) is 22.7. The molecule has 2 aromatic rings. The molecule has 0 radical (unpaired) electrons. The average molecular weight is 373 g/mol. The highest BCUT2D eigenvalue weighted by molar-refractivity contribution is 5.79. The summed E-state index contributed by atoms with van der Waals surface area (Å²) >= 11 is 0. The maximum atomic E-state index is 13.4. The van der Waals surface area contributed by atoms with Gasteiger partial charge in [0, 0.05) is 12.5 Å². The van der Waals surface area contributed by atoms with Crippen molar-refractivity contribution < 1.29 is 28.2 Å². The molecule has 2 aromatic carbocycles. The summed E-state index contributed by atoms with van der Waals surface area (Å²) in [7, 11) is 0. The quantitative estimate of drug-likeness (QED) is 0.841. The number of amides is 1. The predicted octanol–water partition coefficient (Wildman–Crippen LogP) is 3.49. The molecule has 7 heteroatoms. The molecule has 140 valence electrons. The number of rotatable bonds is 5. The number of carbonyl (C=O) groups excluding carboxylic acids is 1. The van der Waals surface area contributed by atoms with Crippen LogP contribution in [0.4, 0.5) is 13.6 Å². The van der Waals surface area contributed by atoms with Gasteiger partial charge in [-0.15, -0.1) is 0 Å². The first-order valence-corrected chi connectivity index (χ1v) is 8.60. The van der Waals surface area contributed by atoms with Crippen molar-refractivity contribution in [3.05, 3.63) is 59.7 Å². The van der Waals surface area contributed by atoms with Gasteiger partial charge in [0.05, 0.1) is 5.92 Å². The van der Waals surface area contributed by atoms with Crippen molar-refractivity contribution >= 4 is 12.1 Å². The van der Waals surface area contributed by atoms with E-state index in [2.05, 4.69) is 5.32 Å². The van der Waals surface area contributed by atoms with Gasteiger partial charge in [-0.3, -0.25) is 4.79 Å². The molecule has 2 N–H and O–H groups in total. The molecular formula is C20H17F2NO4. The van der Waals surface area contributed by atoms with Crippen molar-refractivity contribution in [2.45, 2.75) is 11.8 Å². The predicted molar refractivity (Wildman–Crippen MR) is 92.6 cm³/mol. The monoisotopic (exact) mass is 373 g/mol. The van der Waals surface area contributed by atoms with Crippen molar-refractivity contribution in [3.63, 3.8) is 0 Å². The minimum atomic E-state index is -3.29. The van der Waals surface area contributed by atoms with Crippen molar-refractivity contribution in [3.8, 4) is 11.1 Å². The minimum absolute atomic E-state index is 0.0727. The highest BCUT2D eigenvalue weighted by Gasteiger charge is 2.72. The number of carboxylic acids is 1. The van der Waals surface area contributed by atoms with Crippen molar-refractivity contribution in [1.82, 2.24) is 5.32 Å². The summed E-state index contributed by atoms with van der Waals surface area (Å²) in [6, 6.07) is 15.7. The van der Waals surface area contributed by atoms with Crippen molar-refractivity contribution in [1.29, 1.82) is 0 Å². The molecule has 1 amide bonds. The van der Waals surface area contributed by atoms with Crippen LogP contribution in [-0.4, -0.2) is 36.2 Å². The van der Waals surface area contributed by atoms with Gasteiger partial charge < -0.3 is 15.2 Å². The maximum Gasteiger partial charge on any atom is 0.407 e. The topological polar surface area (TPSA) is 75.6 Å². The summed E-state index contributed by atoms with van der Waals surface area (Å²) in [5.74, 6) is -8.11. The van der Waals surface area contributed by atoms with Gasteiger partial charge in [-0.05, 0) is 22.3 Å². The van der Waals surface area contributed by atoms with Gasteiger partial charge in [-0.1, -0.05) is 48.5 Å². The van der Waals surface area contributed by atoms with Gasteiger partial charge in [0.25, 0.3) is 5.92 Å². The number of aliphatic carboxylic acids is 1. The van der Waals surface area contributed by atoms with Crippen LogP contribution < -0.4 is 5.32 Å². The molecule has 2 aliphatic rings. The number of carbonyl (C=O) groups is 2. The number of halogens is 2. The van der Waals surface area contributed by atoms with E-state index in [1.165, 1.54) is 0 Å². The van der Waals surface area contributed by atoms with Crippen LogP contribution >= 0.6 is 0 Å². The molecule has 4 rings (SSSR count). The van der Waals surface area contributed by atoms with E-state index in [0.29, 0.717) is 0 Å². The minimum Gasteiger partial charge on any atom is -0.481 e. The summed E-state index contributed by atoms with van der Waals surface area (Å²) in [5.41, 5.74) is 4.27. The Morgan fingerprint density at radius 2 is 1.59 bits per heavy atom. The fourth-order valence-corrected chi connectivity index (χ4v) is 3.82. The van der Waals surface area contributed by atoms with E-state index in [-0.39, 0.29) is 12.5 Å². The Morgan fingerprint density at radius 1 is 1.04 bits per heavy atom. The summed E-state index contributed by atoms with van der Waals surface area (Å²) in [6.07, 6.45) is -0.830. The van der Waals surface area contributed by atoms with Crippen LogP contribution in [0.3, 0.4) is 0 Å². The van der Waals surface area contributed by atoms with Gasteiger partial charge in [0.1, 0.15) is 12.5 Å². The number of carboxylic acid groups (broad SMARTS) is 1. The molecular weight excluding hydrogens is 356 g/mol. The number of hydrogen-bond acceptors (Lipinski definition) is 3. The van der Waals surface area contributed by atoms with Gasteiger partial charge >= 0.3 is 12.1 Å². The molecule has 1 fully saturated rings. The third kappa shape index (κ3) is 2.93. The first kappa shape index (κ1) is 17.5. The summed E-state index contributed by atoms with van der Waals surface area (Å²) < 4.78 is 31.9. The smallest absolute Gasteiger partial charge is 0.407 e. The number of nitrogens with one attached hydrogen (secondary N) is 1. The van der Waals surface area contributed by atoms with E-state index in [4.69, 9.17) is 9.84 Å². The third-order valence-corrected chi connectivity index (χ3v) is 5.28. The van der Waals surface area contributed by atoms with Crippen LogP contribution in [0.15, 0.2) is 48.5 Å². The zero-order valence-electron chi connectivity index (χ0n) is 14.2. The maximum absolute atomic E-state index is 13.4. The van der Waals surface area contributed by atoms with E-state index in [9.17, 15) is 18.4 Å². The Labute approximate surface area is 154 Å². The van der Waals surface area contributed by atoms with E-state index >= 15 is 0 Å². The molecule has 0 bridgehead atoms. The molecule has 2 atom stereocenters. The Kier molecular flexibility index (Phi) is 4.09. The zero-order valence-corrected chi connectivity index (χ0v) is 14.2. The van der Waals surface area contributed by atoms with Crippen molar-refractivity contribution in [2.75, 3.05) is 13.2 Å². The van der Waals surface area contributed by atoms with Gasteiger partial charge in [-0.2, -0.15) is 0 Å². The molecule has 27 heavy (non-hydrogen) atoms. The van der Waals surface area contributed by atoms with Crippen molar-refractivity contribution in [2.24, 2.45) is 11.8 Å². The molecule has 0 heterocycles. The lowest BCUT2D eigenvalue weighted by Gasteiger charge is -2.14. The fourth-order valence-electron chi connectivity index (χ4n) is 3.82.